The molecule has 0 bridgehead atoms. The average Bonchev–Trinajstić information content (AvgIpc) is 2.68. The van der Waals surface area contributed by atoms with Gasteiger partial charge in [0.1, 0.15) is 0 Å². The van der Waals surface area contributed by atoms with Crippen molar-refractivity contribution in [3.63, 3.8) is 0 Å². The Morgan fingerprint density at radius 2 is 1.67 bits per heavy atom. The van der Waals surface area contributed by atoms with Gasteiger partial charge in [0.05, 0.1) is 5.69 Å². The van der Waals surface area contributed by atoms with Gasteiger partial charge in [0, 0.05) is 22.6 Å². The van der Waals surface area contributed by atoms with Gasteiger partial charge in [-0.2, -0.15) is 4.52 Å². The molecule has 0 amide bonds. The summed E-state index contributed by atoms with van der Waals surface area (Å²) in [5.41, 5.74) is 2.57. The second kappa shape index (κ2) is 4.31. The van der Waals surface area contributed by atoms with Gasteiger partial charge in [0.25, 0.3) is 11.1 Å². The van der Waals surface area contributed by atoms with Gasteiger partial charge in [-0.15, -0.1) is 11.8 Å². The van der Waals surface area contributed by atoms with Crippen LogP contribution in [0.2, 0.25) is 0 Å². The first kappa shape index (κ1) is 13.0. The minimum absolute atomic E-state index is 0.214. The third kappa shape index (κ3) is 1.70. The smallest absolute Gasteiger partial charge is 0.267 e. The van der Waals surface area contributed by atoms with Gasteiger partial charge in [-0.1, -0.05) is 6.58 Å². The summed E-state index contributed by atoms with van der Waals surface area (Å²) in [6.07, 6.45) is 0. The van der Waals surface area contributed by atoms with E-state index in [-0.39, 0.29) is 11.1 Å². The predicted octanol–water partition coefficient (Wildman–Crippen LogP) is 1.89. The molecule has 0 unspecified atom stereocenters. The number of hydrogen-bond acceptors (Lipinski definition) is 3. The van der Waals surface area contributed by atoms with Crippen LogP contribution in [0, 0.1) is 20.8 Å². The van der Waals surface area contributed by atoms with Gasteiger partial charge < -0.3 is 0 Å². The van der Waals surface area contributed by atoms with Crippen LogP contribution in [0.4, 0.5) is 0 Å². The Morgan fingerprint density at radius 1 is 1.11 bits per heavy atom. The van der Waals surface area contributed by atoms with Crippen LogP contribution in [-0.2, 0) is 5.75 Å². The highest BCUT2D eigenvalue weighted by Crippen LogP contribution is 2.21. The first-order chi connectivity index (χ1) is 8.36. The molecule has 5 heteroatoms. The maximum absolute atomic E-state index is 12.1. The SMILES string of the molecule is C=C(C)SCc1c(C)c(=O)n2c(=O)c(C)c(C)n12. The normalized spacial score (nSPS) is 11.3. The first-order valence-electron chi connectivity index (χ1n) is 5.70. The quantitative estimate of drug-likeness (QED) is 0.850. The van der Waals surface area contributed by atoms with Crippen LogP contribution < -0.4 is 11.1 Å². The monoisotopic (exact) mass is 264 g/mol. The molecule has 2 aromatic rings. The summed E-state index contributed by atoms with van der Waals surface area (Å²) >= 11 is 1.58. The lowest BCUT2D eigenvalue weighted by Crippen LogP contribution is -2.23. The van der Waals surface area contributed by atoms with Gasteiger partial charge in [-0.25, -0.2) is 0 Å². The Morgan fingerprint density at radius 3 is 2.22 bits per heavy atom. The van der Waals surface area contributed by atoms with Crippen molar-refractivity contribution in [1.82, 2.24) is 9.03 Å². The van der Waals surface area contributed by atoms with Crippen molar-refractivity contribution in [2.24, 2.45) is 0 Å². The highest BCUT2D eigenvalue weighted by Gasteiger charge is 2.19. The van der Waals surface area contributed by atoms with E-state index in [2.05, 4.69) is 6.58 Å². The Balaban J connectivity index is 2.77. The molecular weight excluding hydrogens is 248 g/mol. The standard InChI is InChI=1S/C13H16N2O2S/c1-7(2)18-6-11-9(4)13(17)15-12(16)8(3)10(5)14(11)15/h1,6H2,2-5H3. The first-order valence-corrected chi connectivity index (χ1v) is 6.69. The molecule has 0 saturated carbocycles. The third-order valence-electron chi connectivity index (χ3n) is 3.23. The van der Waals surface area contributed by atoms with E-state index in [9.17, 15) is 9.59 Å². The molecule has 0 atom stereocenters. The van der Waals surface area contributed by atoms with E-state index in [4.69, 9.17) is 0 Å². The Kier molecular flexibility index (Phi) is 3.11. The number of fused-ring (bicyclic) bond motifs is 1. The van der Waals surface area contributed by atoms with Crippen molar-refractivity contribution in [3.8, 4) is 0 Å². The molecule has 96 valence electrons. The molecule has 0 fully saturated rings. The number of hydrogen-bond donors (Lipinski definition) is 0. The van der Waals surface area contributed by atoms with E-state index in [1.165, 1.54) is 4.52 Å². The highest BCUT2D eigenvalue weighted by atomic mass is 32.2. The van der Waals surface area contributed by atoms with Crippen LogP contribution in [0.15, 0.2) is 21.1 Å². The lowest BCUT2D eigenvalue weighted by molar-refractivity contribution is 0.765. The molecular formula is C13H16N2O2S. The van der Waals surface area contributed by atoms with Crippen LogP contribution in [0.1, 0.15) is 29.4 Å². The van der Waals surface area contributed by atoms with E-state index < -0.39 is 0 Å². The molecule has 0 aromatic carbocycles. The zero-order valence-electron chi connectivity index (χ0n) is 11.0. The van der Waals surface area contributed by atoms with Crippen molar-refractivity contribution in [2.45, 2.75) is 33.4 Å². The molecule has 0 spiro atoms. The van der Waals surface area contributed by atoms with Crippen molar-refractivity contribution in [3.05, 3.63) is 54.7 Å². The number of aryl methyl sites for hydroxylation is 1. The van der Waals surface area contributed by atoms with Crippen LogP contribution in [0.3, 0.4) is 0 Å². The highest BCUT2D eigenvalue weighted by molar-refractivity contribution is 8.02. The Labute approximate surface area is 109 Å². The van der Waals surface area contributed by atoms with Gasteiger partial charge >= 0.3 is 0 Å². The number of allylic oxidation sites excluding steroid dienone is 1. The van der Waals surface area contributed by atoms with Crippen molar-refractivity contribution < 1.29 is 0 Å². The van der Waals surface area contributed by atoms with Gasteiger partial charge in [0.15, 0.2) is 0 Å². The fraction of sp³-hybridized carbons (Fsp3) is 0.385. The molecule has 0 aliphatic carbocycles. The average molecular weight is 264 g/mol. The van der Waals surface area contributed by atoms with E-state index in [0.29, 0.717) is 16.9 Å². The second-order valence-corrected chi connectivity index (χ2v) is 5.78. The van der Waals surface area contributed by atoms with Gasteiger partial charge in [-0.3, -0.25) is 14.1 Å². The molecule has 18 heavy (non-hydrogen) atoms. The molecule has 2 rings (SSSR count). The topological polar surface area (TPSA) is 43.0 Å². The molecule has 0 aliphatic rings. The molecule has 0 radical (unpaired) electrons. The van der Waals surface area contributed by atoms with E-state index in [1.807, 2.05) is 13.8 Å². The number of rotatable bonds is 3. The minimum Gasteiger partial charge on any atom is -0.267 e. The number of nitrogens with zero attached hydrogens (tertiary/aromatic N) is 2. The van der Waals surface area contributed by atoms with E-state index >= 15 is 0 Å². The zero-order valence-corrected chi connectivity index (χ0v) is 11.8. The zero-order chi connectivity index (χ0) is 13.6. The van der Waals surface area contributed by atoms with Crippen LogP contribution in [0.5, 0.6) is 0 Å². The summed E-state index contributed by atoms with van der Waals surface area (Å²) in [6.45, 7) is 11.2. The minimum atomic E-state index is -0.216. The van der Waals surface area contributed by atoms with Crippen molar-refractivity contribution in [1.29, 1.82) is 0 Å². The third-order valence-corrected chi connectivity index (χ3v) is 4.14. The Hall–Kier alpha value is -1.49. The summed E-state index contributed by atoms with van der Waals surface area (Å²) < 4.78 is 2.97. The number of aromatic nitrogens is 2. The summed E-state index contributed by atoms with van der Waals surface area (Å²) in [5, 5.41) is 0. The van der Waals surface area contributed by atoms with Crippen molar-refractivity contribution in [2.75, 3.05) is 0 Å². The van der Waals surface area contributed by atoms with Crippen LogP contribution >= 0.6 is 11.8 Å². The maximum Gasteiger partial charge on any atom is 0.277 e. The molecule has 2 aromatic heterocycles. The van der Waals surface area contributed by atoms with Gasteiger partial charge in [0.2, 0.25) is 0 Å². The van der Waals surface area contributed by atoms with Gasteiger partial charge in [-0.05, 0) is 32.6 Å². The lowest BCUT2D eigenvalue weighted by Gasteiger charge is -2.03. The lowest BCUT2D eigenvalue weighted by atomic mass is 10.2. The largest absolute Gasteiger partial charge is 0.277 e. The van der Waals surface area contributed by atoms with E-state index in [0.717, 1.165) is 16.3 Å². The number of thioether (sulfide) groups is 1. The molecule has 4 nitrogen and oxygen atoms in total. The van der Waals surface area contributed by atoms with Crippen molar-refractivity contribution >= 4 is 11.8 Å². The molecule has 0 N–H and O–H groups in total. The summed E-state index contributed by atoms with van der Waals surface area (Å²) in [5.74, 6) is 0.654. The fourth-order valence-corrected chi connectivity index (χ4v) is 2.74. The summed E-state index contributed by atoms with van der Waals surface area (Å²) in [7, 11) is 0. The molecule has 0 aliphatic heterocycles. The van der Waals surface area contributed by atoms with Crippen LogP contribution in [0.25, 0.3) is 0 Å². The summed E-state index contributed by atoms with van der Waals surface area (Å²) in [6, 6.07) is 0. The second-order valence-electron chi connectivity index (χ2n) is 4.51. The fourth-order valence-electron chi connectivity index (χ4n) is 2.02. The molecule has 2 heterocycles. The summed E-state index contributed by atoms with van der Waals surface area (Å²) in [4.78, 5) is 25.1. The molecule has 0 saturated heterocycles. The Bertz CT molecular complexity index is 740. The predicted molar refractivity (Wildman–Crippen MR) is 74.9 cm³/mol. The maximum atomic E-state index is 12.1. The van der Waals surface area contributed by atoms with E-state index in [1.54, 1.807) is 30.1 Å². The van der Waals surface area contributed by atoms with Crippen LogP contribution in [-0.4, -0.2) is 9.03 Å².